The average Bonchev–Trinajstić information content (AvgIpc) is 3.45. The molecule has 6 heteroatoms. The highest BCUT2D eigenvalue weighted by atomic mass is 16.4. The van der Waals surface area contributed by atoms with Crippen LogP contribution in [0, 0.1) is 0 Å². The molecule has 5 aromatic rings. The summed E-state index contributed by atoms with van der Waals surface area (Å²) in [6.07, 6.45) is 1.54. The maximum absolute atomic E-state index is 12.9. The van der Waals surface area contributed by atoms with Gasteiger partial charge in [0.25, 0.3) is 11.8 Å². The zero-order valence-corrected chi connectivity index (χ0v) is 15.2. The van der Waals surface area contributed by atoms with Crippen molar-refractivity contribution in [2.24, 2.45) is 0 Å². The van der Waals surface area contributed by atoms with Crippen LogP contribution < -0.4 is 5.32 Å². The first-order chi connectivity index (χ1) is 14.3. The van der Waals surface area contributed by atoms with Crippen molar-refractivity contribution in [3.63, 3.8) is 0 Å². The summed E-state index contributed by atoms with van der Waals surface area (Å²) in [6.45, 7) is 0. The minimum atomic E-state index is -0.180. The van der Waals surface area contributed by atoms with E-state index in [2.05, 4.69) is 15.5 Å². The summed E-state index contributed by atoms with van der Waals surface area (Å²) in [5.74, 6) is 0.970. The first-order valence-corrected chi connectivity index (χ1v) is 9.05. The maximum Gasteiger partial charge on any atom is 0.283 e. The molecule has 2 heterocycles. The van der Waals surface area contributed by atoms with Gasteiger partial charge in [-0.2, -0.15) is 0 Å². The van der Waals surface area contributed by atoms with Crippen molar-refractivity contribution in [3.05, 3.63) is 90.7 Å². The van der Waals surface area contributed by atoms with Gasteiger partial charge in [0.15, 0.2) is 5.76 Å². The number of hydrogen-bond donors (Lipinski definition) is 1. The molecule has 0 atom stereocenters. The molecular weight excluding hydrogens is 366 g/mol. The number of nitrogens with zero attached hydrogens (tertiary/aromatic N) is 2. The third kappa shape index (κ3) is 3.27. The largest absolute Gasteiger partial charge is 0.459 e. The molecule has 0 fully saturated rings. The number of carbonyl (C=O) groups is 1. The van der Waals surface area contributed by atoms with E-state index in [0.29, 0.717) is 34.4 Å². The molecule has 0 saturated heterocycles. The fourth-order valence-electron chi connectivity index (χ4n) is 3.19. The van der Waals surface area contributed by atoms with Gasteiger partial charge in [0, 0.05) is 16.8 Å². The van der Waals surface area contributed by atoms with Crippen molar-refractivity contribution in [1.82, 2.24) is 10.2 Å². The molecule has 0 bridgehead atoms. The second-order valence-electron chi connectivity index (χ2n) is 6.45. The highest BCUT2D eigenvalue weighted by Crippen LogP contribution is 2.26. The van der Waals surface area contributed by atoms with Crippen LogP contribution in [0.3, 0.4) is 0 Å². The zero-order chi connectivity index (χ0) is 19.6. The maximum atomic E-state index is 12.9. The van der Waals surface area contributed by atoms with E-state index in [1.54, 1.807) is 24.5 Å². The minimum Gasteiger partial charge on any atom is -0.459 e. The van der Waals surface area contributed by atoms with E-state index < -0.39 is 0 Å². The van der Waals surface area contributed by atoms with Gasteiger partial charge in [-0.15, -0.1) is 10.2 Å². The fraction of sp³-hybridized carbons (Fsp3) is 0. The van der Waals surface area contributed by atoms with E-state index >= 15 is 0 Å². The molecule has 0 spiro atoms. The molecule has 3 aromatic carbocycles. The number of nitrogens with one attached hydrogen (secondary N) is 1. The number of hydrogen-bond acceptors (Lipinski definition) is 5. The van der Waals surface area contributed by atoms with Crippen molar-refractivity contribution < 1.29 is 13.6 Å². The van der Waals surface area contributed by atoms with Gasteiger partial charge in [0.1, 0.15) is 0 Å². The van der Waals surface area contributed by atoms with Crippen LogP contribution in [0.25, 0.3) is 33.9 Å². The molecular formula is C23H15N3O3. The van der Waals surface area contributed by atoms with E-state index in [9.17, 15) is 4.79 Å². The molecule has 0 saturated carbocycles. The van der Waals surface area contributed by atoms with Crippen molar-refractivity contribution >= 4 is 22.4 Å². The SMILES string of the molecule is O=C(Nc1cccc(-c2nnc(-c3ccco3)o2)c1)c1cccc2ccccc12. The molecule has 6 nitrogen and oxygen atoms in total. The van der Waals surface area contributed by atoms with Crippen molar-refractivity contribution in [2.75, 3.05) is 5.32 Å². The lowest BCUT2D eigenvalue weighted by atomic mass is 10.0. The van der Waals surface area contributed by atoms with Crippen LogP contribution in [0.1, 0.15) is 10.4 Å². The monoisotopic (exact) mass is 381 g/mol. The molecule has 1 amide bonds. The quantitative estimate of drug-likeness (QED) is 0.451. The smallest absolute Gasteiger partial charge is 0.283 e. The molecule has 0 aliphatic rings. The van der Waals surface area contributed by atoms with Crippen LogP contribution in [-0.4, -0.2) is 16.1 Å². The molecule has 29 heavy (non-hydrogen) atoms. The number of carbonyl (C=O) groups excluding carboxylic acids is 1. The number of rotatable bonds is 4. The van der Waals surface area contributed by atoms with E-state index in [0.717, 1.165) is 10.8 Å². The van der Waals surface area contributed by atoms with Crippen LogP contribution in [0.5, 0.6) is 0 Å². The van der Waals surface area contributed by atoms with Gasteiger partial charge < -0.3 is 14.2 Å². The third-order valence-electron chi connectivity index (χ3n) is 4.56. The number of furan rings is 1. The van der Waals surface area contributed by atoms with Crippen LogP contribution >= 0.6 is 0 Å². The van der Waals surface area contributed by atoms with Crippen LogP contribution in [0.4, 0.5) is 5.69 Å². The lowest BCUT2D eigenvalue weighted by molar-refractivity contribution is 0.102. The summed E-state index contributed by atoms with van der Waals surface area (Å²) in [7, 11) is 0. The van der Waals surface area contributed by atoms with Gasteiger partial charge in [-0.3, -0.25) is 4.79 Å². The highest BCUT2D eigenvalue weighted by molar-refractivity contribution is 6.13. The van der Waals surface area contributed by atoms with Gasteiger partial charge in [-0.25, -0.2) is 0 Å². The first-order valence-electron chi connectivity index (χ1n) is 9.05. The predicted octanol–water partition coefficient (Wildman–Crippen LogP) is 5.40. The Bertz CT molecular complexity index is 1300. The molecule has 5 rings (SSSR count). The van der Waals surface area contributed by atoms with Gasteiger partial charge in [0.2, 0.25) is 5.89 Å². The Morgan fingerprint density at radius 2 is 1.66 bits per heavy atom. The number of fused-ring (bicyclic) bond motifs is 1. The Morgan fingerprint density at radius 3 is 2.55 bits per heavy atom. The number of anilines is 1. The molecule has 2 aromatic heterocycles. The summed E-state index contributed by atoms with van der Waals surface area (Å²) in [5, 5.41) is 13.0. The average molecular weight is 381 g/mol. The summed E-state index contributed by atoms with van der Waals surface area (Å²) in [6, 6.07) is 24.3. The van der Waals surface area contributed by atoms with Gasteiger partial charge in [-0.1, -0.05) is 42.5 Å². The number of aromatic nitrogens is 2. The lowest BCUT2D eigenvalue weighted by Crippen LogP contribution is -2.12. The van der Waals surface area contributed by atoms with Crippen molar-refractivity contribution in [2.45, 2.75) is 0 Å². The minimum absolute atomic E-state index is 0.180. The van der Waals surface area contributed by atoms with Crippen LogP contribution in [0.15, 0.2) is 94.0 Å². The Morgan fingerprint density at radius 1 is 0.828 bits per heavy atom. The van der Waals surface area contributed by atoms with Gasteiger partial charge in [0.05, 0.1) is 6.26 Å². The van der Waals surface area contributed by atoms with E-state index in [1.165, 1.54) is 0 Å². The molecule has 0 aliphatic carbocycles. The van der Waals surface area contributed by atoms with E-state index in [4.69, 9.17) is 8.83 Å². The highest BCUT2D eigenvalue weighted by Gasteiger charge is 2.14. The van der Waals surface area contributed by atoms with Crippen LogP contribution in [0.2, 0.25) is 0 Å². The zero-order valence-electron chi connectivity index (χ0n) is 15.2. The van der Waals surface area contributed by atoms with Crippen LogP contribution in [-0.2, 0) is 0 Å². The Labute approximate surface area is 165 Å². The molecule has 0 radical (unpaired) electrons. The topological polar surface area (TPSA) is 81.2 Å². The van der Waals surface area contributed by atoms with Crippen molar-refractivity contribution in [1.29, 1.82) is 0 Å². The lowest BCUT2D eigenvalue weighted by Gasteiger charge is -2.09. The molecule has 0 unspecified atom stereocenters. The Balaban J connectivity index is 1.42. The summed E-state index contributed by atoms with van der Waals surface area (Å²) < 4.78 is 11.0. The van der Waals surface area contributed by atoms with E-state index in [-0.39, 0.29) is 5.91 Å². The molecule has 140 valence electrons. The number of benzene rings is 3. The van der Waals surface area contributed by atoms with E-state index in [1.807, 2.05) is 60.7 Å². The third-order valence-corrected chi connectivity index (χ3v) is 4.56. The summed E-state index contributed by atoms with van der Waals surface area (Å²) >= 11 is 0. The first kappa shape index (κ1) is 16.9. The molecule has 1 N–H and O–H groups in total. The van der Waals surface area contributed by atoms with Gasteiger partial charge >= 0.3 is 0 Å². The second kappa shape index (κ2) is 7.09. The van der Waals surface area contributed by atoms with Gasteiger partial charge in [-0.05, 0) is 47.2 Å². The van der Waals surface area contributed by atoms with Crippen molar-refractivity contribution in [3.8, 4) is 23.1 Å². The Hall–Kier alpha value is -4.19. The predicted molar refractivity (Wildman–Crippen MR) is 109 cm³/mol. The molecule has 0 aliphatic heterocycles. The summed E-state index contributed by atoms with van der Waals surface area (Å²) in [5.41, 5.74) is 1.95. The fourth-order valence-corrected chi connectivity index (χ4v) is 3.19. The summed E-state index contributed by atoms with van der Waals surface area (Å²) in [4.78, 5) is 12.9. The Kier molecular flexibility index (Phi) is 4.14. The second-order valence-corrected chi connectivity index (χ2v) is 6.45. The number of amides is 1. The standard InChI is InChI=1S/C23H15N3O3/c27-21(19-11-4-7-15-6-1-2-10-18(15)19)24-17-9-3-8-16(14-17)22-25-26-23(29-22)20-12-5-13-28-20/h1-14H,(H,24,27). The normalized spacial score (nSPS) is 10.9.